The van der Waals surface area contributed by atoms with Gasteiger partial charge in [-0.25, -0.2) is 0 Å². The molecule has 2 N–H and O–H groups in total. The molecule has 7 heteroatoms. The molecule has 0 bridgehead atoms. The third-order valence-corrected chi connectivity index (χ3v) is 3.68. The lowest BCUT2D eigenvalue weighted by atomic mass is 10.0. The van der Waals surface area contributed by atoms with Crippen LogP contribution in [0.15, 0.2) is 18.2 Å². The highest BCUT2D eigenvalue weighted by molar-refractivity contribution is 5.95. The van der Waals surface area contributed by atoms with Gasteiger partial charge in [0.05, 0.1) is 10.8 Å². The van der Waals surface area contributed by atoms with Crippen LogP contribution in [0, 0.1) is 23.0 Å². The molecule has 2 atom stereocenters. The number of carbonyl (C=O) groups is 2. The first kappa shape index (κ1) is 15.0. The van der Waals surface area contributed by atoms with E-state index in [1.807, 2.05) is 0 Å². The van der Waals surface area contributed by atoms with Gasteiger partial charge in [0.1, 0.15) is 0 Å². The topological polar surface area (TPSA) is 110 Å². The summed E-state index contributed by atoms with van der Waals surface area (Å²) in [5.74, 6) is -1.98. The largest absolute Gasteiger partial charge is 0.481 e. The molecule has 2 rings (SSSR count). The van der Waals surface area contributed by atoms with Crippen LogP contribution in [0.1, 0.15) is 35.2 Å². The van der Waals surface area contributed by atoms with E-state index in [0.29, 0.717) is 18.4 Å². The number of nitrogens with one attached hydrogen (secondary N) is 1. The maximum absolute atomic E-state index is 12.2. The van der Waals surface area contributed by atoms with Gasteiger partial charge in [-0.2, -0.15) is 0 Å². The number of carboxylic acids is 1. The van der Waals surface area contributed by atoms with Gasteiger partial charge in [-0.3, -0.25) is 19.7 Å². The van der Waals surface area contributed by atoms with Crippen molar-refractivity contribution in [3.8, 4) is 0 Å². The average Bonchev–Trinajstić information content (AvgIpc) is 2.86. The highest BCUT2D eigenvalue weighted by atomic mass is 16.6. The Bertz CT molecular complexity index is 599. The molecule has 7 nitrogen and oxygen atoms in total. The molecule has 1 fully saturated rings. The maximum atomic E-state index is 12.2. The second-order valence-corrected chi connectivity index (χ2v) is 5.27. The van der Waals surface area contributed by atoms with Gasteiger partial charge in [0.25, 0.3) is 11.6 Å². The predicted molar refractivity (Wildman–Crippen MR) is 74.1 cm³/mol. The second kappa shape index (κ2) is 5.90. The van der Waals surface area contributed by atoms with Gasteiger partial charge in [-0.1, -0.05) is 6.42 Å². The molecule has 0 unspecified atom stereocenters. The van der Waals surface area contributed by atoms with Crippen molar-refractivity contribution < 1.29 is 19.6 Å². The van der Waals surface area contributed by atoms with E-state index in [2.05, 4.69) is 5.32 Å². The summed E-state index contributed by atoms with van der Waals surface area (Å²) in [5, 5.41) is 22.6. The van der Waals surface area contributed by atoms with Crippen LogP contribution in [0.3, 0.4) is 0 Å². The smallest absolute Gasteiger partial charge is 0.308 e. The summed E-state index contributed by atoms with van der Waals surface area (Å²) in [4.78, 5) is 33.5. The van der Waals surface area contributed by atoms with Crippen LogP contribution < -0.4 is 5.32 Å². The molecule has 0 aromatic heterocycles. The molecule has 1 amide bonds. The van der Waals surface area contributed by atoms with Gasteiger partial charge >= 0.3 is 5.97 Å². The third kappa shape index (κ3) is 3.36. The minimum atomic E-state index is -0.923. The molecule has 1 aliphatic carbocycles. The predicted octanol–water partition coefficient (Wildman–Crippen LogP) is 1.89. The van der Waals surface area contributed by atoms with Crippen LogP contribution in [0.25, 0.3) is 0 Å². The average molecular weight is 292 g/mol. The van der Waals surface area contributed by atoms with E-state index in [0.717, 1.165) is 6.42 Å². The summed E-state index contributed by atoms with van der Waals surface area (Å²) < 4.78 is 0. The van der Waals surface area contributed by atoms with Gasteiger partial charge < -0.3 is 10.4 Å². The summed E-state index contributed by atoms with van der Waals surface area (Å²) in [5.41, 5.74) is 0.634. The zero-order chi connectivity index (χ0) is 15.6. The summed E-state index contributed by atoms with van der Waals surface area (Å²) in [6.45, 7) is 1.67. The van der Waals surface area contributed by atoms with Crippen LogP contribution in [-0.2, 0) is 4.79 Å². The summed E-state index contributed by atoms with van der Waals surface area (Å²) in [6.07, 6.45) is 1.89. The van der Waals surface area contributed by atoms with E-state index in [1.54, 1.807) is 13.0 Å². The lowest BCUT2D eigenvalue weighted by molar-refractivity contribution is -0.384. The lowest BCUT2D eigenvalue weighted by Gasteiger charge is -2.17. The monoisotopic (exact) mass is 292 g/mol. The molecule has 1 aliphatic rings. The second-order valence-electron chi connectivity index (χ2n) is 5.27. The molecule has 1 aromatic carbocycles. The molecular weight excluding hydrogens is 276 g/mol. The first-order valence-corrected chi connectivity index (χ1v) is 6.68. The highest BCUT2D eigenvalue weighted by Gasteiger charge is 2.34. The Morgan fingerprint density at radius 2 is 2.05 bits per heavy atom. The number of hydrogen-bond acceptors (Lipinski definition) is 4. The van der Waals surface area contributed by atoms with Crippen molar-refractivity contribution in [2.45, 2.75) is 32.2 Å². The standard InChI is InChI=1S/C14H16N2O5/c1-8-5-9(7-10(6-8)16(20)21)13(17)15-12-4-2-3-11(12)14(18)19/h5-7,11-12H,2-4H2,1H3,(H,15,17)(H,18,19)/t11-,12+/m0/s1. The van der Waals surface area contributed by atoms with Crippen LogP contribution in [0.4, 0.5) is 5.69 Å². The van der Waals surface area contributed by atoms with Crippen LogP contribution in [0.2, 0.25) is 0 Å². The molecule has 0 radical (unpaired) electrons. The van der Waals surface area contributed by atoms with Crippen molar-refractivity contribution >= 4 is 17.6 Å². The minimum Gasteiger partial charge on any atom is -0.481 e. The van der Waals surface area contributed by atoms with Crippen molar-refractivity contribution in [2.24, 2.45) is 5.92 Å². The van der Waals surface area contributed by atoms with E-state index in [4.69, 9.17) is 5.11 Å². The molecule has 0 aliphatic heterocycles. The summed E-state index contributed by atoms with van der Waals surface area (Å²) >= 11 is 0. The normalized spacial score (nSPS) is 21.0. The number of aliphatic carboxylic acids is 1. The molecule has 21 heavy (non-hydrogen) atoms. The maximum Gasteiger partial charge on any atom is 0.308 e. The van der Waals surface area contributed by atoms with Crippen molar-refractivity contribution in [2.75, 3.05) is 0 Å². The molecule has 1 saturated carbocycles. The number of amides is 1. The van der Waals surface area contributed by atoms with E-state index in [-0.39, 0.29) is 11.3 Å². The van der Waals surface area contributed by atoms with Crippen molar-refractivity contribution in [3.05, 3.63) is 39.4 Å². The highest BCUT2D eigenvalue weighted by Crippen LogP contribution is 2.26. The number of hydrogen-bond donors (Lipinski definition) is 2. The van der Waals surface area contributed by atoms with Gasteiger partial charge in [-0.15, -0.1) is 0 Å². The molecule has 1 aromatic rings. The number of benzene rings is 1. The first-order valence-electron chi connectivity index (χ1n) is 6.68. The Morgan fingerprint density at radius 1 is 1.33 bits per heavy atom. The van der Waals surface area contributed by atoms with E-state index in [1.165, 1.54) is 12.1 Å². The van der Waals surface area contributed by atoms with E-state index in [9.17, 15) is 19.7 Å². The molecule has 112 valence electrons. The zero-order valence-corrected chi connectivity index (χ0v) is 11.5. The number of carbonyl (C=O) groups excluding carboxylic acids is 1. The lowest BCUT2D eigenvalue weighted by Crippen LogP contribution is -2.40. The van der Waals surface area contributed by atoms with Gasteiger partial charge in [0, 0.05) is 23.7 Å². The number of aryl methyl sites for hydroxylation is 1. The van der Waals surface area contributed by atoms with Crippen LogP contribution in [0.5, 0.6) is 0 Å². The Balaban J connectivity index is 2.17. The third-order valence-electron chi connectivity index (χ3n) is 3.68. The van der Waals surface area contributed by atoms with Crippen molar-refractivity contribution in [1.82, 2.24) is 5.32 Å². The summed E-state index contributed by atoms with van der Waals surface area (Å²) in [6, 6.07) is 3.71. The Kier molecular flexibility index (Phi) is 4.21. The molecule has 0 heterocycles. The van der Waals surface area contributed by atoms with Gasteiger partial charge in [0.15, 0.2) is 0 Å². The fourth-order valence-corrected chi connectivity index (χ4v) is 2.68. The summed E-state index contributed by atoms with van der Waals surface area (Å²) in [7, 11) is 0. The Hall–Kier alpha value is -2.44. The van der Waals surface area contributed by atoms with E-state index >= 15 is 0 Å². The van der Waals surface area contributed by atoms with Crippen LogP contribution >= 0.6 is 0 Å². The minimum absolute atomic E-state index is 0.152. The Morgan fingerprint density at radius 3 is 2.67 bits per heavy atom. The fourth-order valence-electron chi connectivity index (χ4n) is 2.68. The number of non-ortho nitro benzene ring substituents is 1. The zero-order valence-electron chi connectivity index (χ0n) is 11.5. The molecule has 0 spiro atoms. The quantitative estimate of drug-likeness (QED) is 0.650. The number of carboxylic acid groups (broad SMARTS) is 1. The van der Waals surface area contributed by atoms with Gasteiger partial charge in [0.2, 0.25) is 0 Å². The number of rotatable bonds is 4. The van der Waals surface area contributed by atoms with Crippen molar-refractivity contribution in [3.63, 3.8) is 0 Å². The molecular formula is C14H16N2O5. The van der Waals surface area contributed by atoms with E-state index < -0.39 is 28.8 Å². The first-order chi connectivity index (χ1) is 9.88. The van der Waals surface area contributed by atoms with Crippen LogP contribution in [-0.4, -0.2) is 27.9 Å². The van der Waals surface area contributed by atoms with Gasteiger partial charge in [-0.05, 0) is 31.4 Å². The number of nitro groups is 1. The SMILES string of the molecule is Cc1cc(C(=O)N[C@@H]2CCC[C@@H]2C(=O)O)cc([N+](=O)[O-])c1. The number of nitro benzene ring substituents is 1. The fraction of sp³-hybridized carbons (Fsp3) is 0.429. The molecule has 0 saturated heterocycles. The Labute approximate surface area is 121 Å². The number of nitrogens with zero attached hydrogens (tertiary/aromatic N) is 1. The van der Waals surface area contributed by atoms with Crippen molar-refractivity contribution in [1.29, 1.82) is 0 Å².